The van der Waals surface area contributed by atoms with Crippen LogP contribution in [0.15, 0.2) is 18.2 Å². The molecule has 2 rings (SSSR count). The first-order chi connectivity index (χ1) is 8.97. The van der Waals surface area contributed by atoms with Gasteiger partial charge in [0.15, 0.2) is 0 Å². The van der Waals surface area contributed by atoms with E-state index in [4.69, 9.17) is 0 Å². The van der Waals surface area contributed by atoms with Gasteiger partial charge < -0.3 is 5.32 Å². The molecule has 1 N–H and O–H groups in total. The van der Waals surface area contributed by atoms with Gasteiger partial charge in [-0.05, 0) is 49.9 Å². The molecule has 1 atom stereocenters. The molecule has 1 nitrogen and oxygen atoms in total. The summed E-state index contributed by atoms with van der Waals surface area (Å²) in [6, 6.07) is 3.21. The highest BCUT2D eigenvalue weighted by Gasteiger charge is 2.33. The van der Waals surface area contributed by atoms with Crippen LogP contribution in [0, 0.1) is 5.82 Å². The maximum atomic E-state index is 13.0. The average Bonchev–Trinajstić information content (AvgIpc) is 2.37. The van der Waals surface area contributed by atoms with E-state index in [0.717, 1.165) is 31.9 Å². The second kappa shape index (κ2) is 5.90. The lowest BCUT2D eigenvalue weighted by Crippen LogP contribution is -2.34. The van der Waals surface area contributed by atoms with Crippen LogP contribution in [0.4, 0.5) is 17.6 Å². The molecule has 1 heterocycles. The molecular weight excluding hydrogens is 258 g/mol. The van der Waals surface area contributed by atoms with Crippen LogP contribution >= 0.6 is 0 Å². The van der Waals surface area contributed by atoms with Crippen molar-refractivity contribution in [1.82, 2.24) is 5.32 Å². The van der Waals surface area contributed by atoms with Gasteiger partial charge in [-0.3, -0.25) is 0 Å². The first kappa shape index (κ1) is 14.3. The van der Waals surface area contributed by atoms with Crippen molar-refractivity contribution in [3.63, 3.8) is 0 Å². The summed E-state index contributed by atoms with van der Waals surface area (Å²) in [6.45, 7) is 0.931. The van der Waals surface area contributed by atoms with Crippen molar-refractivity contribution >= 4 is 0 Å². The molecule has 0 aliphatic carbocycles. The summed E-state index contributed by atoms with van der Waals surface area (Å²) in [5.74, 6) is -0.841. The zero-order valence-electron chi connectivity index (χ0n) is 10.6. The number of nitrogens with one attached hydrogen (secondary N) is 1. The number of hydrogen-bond acceptors (Lipinski definition) is 1. The van der Waals surface area contributed by atoms with E-state index in [1.807, 2.05) is 0 Å². The molecule has 1 aromatic carbocycles. The van der Waals surface area contributed by atoms with Crippen molar-refractivity contribution < 1.29 is 17.6 Å². The van der Waals surface area contributed by atoms with Gasteiger partial charge in [-0.2, -0.15) is 13.2 Å². The molecular formula is C14H17F4N. The molecule has 1 aliphatic heterocycles. The third-order valence-electron chi connectivity index (χ3n) is 3.55. The third-order valence-corrected chi connectivity index (χ3v) is 3.55. The zero-order valence-corrected chi connectivity index (χ0v) is 10.6. The predicted molar refractivity (Wildman–Crippen MR) is 65.4 cm³/mol. The van der Waals surface area contributed by atoms with Gasteiger partial charge in [0.2, 0.25) is 0 Å². The number of piperidine rings is 1. The van der Waals surface area contributed by atoms with Crippen molar-refractivity contribution in [3.8, 4) is 0 Å². The van der Waals surface area contributed by atoms with Crippen LogP contribution in [0.25, 0.3) is 0 Å². The van der Waals surface area contributed by atoms with E-state index in [9.17, 15) is 17.6 Å². The smallest absolute Gasteiger partial charge is 0.314 e. The van der Waals surface area contributed by atoms with E-state index in [1.165, 1.54) is 6.07 Å². The van der Waals surface area contributed by atoms with E-state index in [2.05, 4.69) is 5.32 Å². The number of aryl methyl sites for hydroxylation is 1. The largest absolute Gasteiger partial charge is 0.416 e. The Balaban J connectivity index is 2.06. The lowest BCUT2D eigenvalue weighted by molar-refractivity contribution is -0.138. The molecule has 0 bridgehead atoms. The topological polar surface area (TPSA) is 12.0 Å². The Kier molecular flexibility index (Phi) is 4.45. The maximum absolute atomic E-state index is 13.0. The van der Waals surface area contributed by atoms with Crippen LogP contribution in [0.2, 0.25) is 0 Å². The average molecular weight is 275 g/mol. The molecule has 0 radical (unpaired) electrons. The fraction of sp³-hybridized carbons (Fsp3) is 0.571. The van der Waals surface area contributed by atoms with E-state index in [1.54, 1.807) is 0 Å². The Labute approximate surface area is 110 Å². The Hall–Kier alpha value is -1.10. The van der Waals surface area contributed by atoms with E-state index in [0.29, 0.717) is 18.9 Å². The minimum atomic E-state index is -4.49. The Morgan fingerprint density at radius 2 is 2.00 bits per heavy atom. The summed E-state index contributed by atoms with van der Waals surface area (Å²) in [5.41, 5.74) is -0.662. The molecule has 106 valence electrons. The van der Waals surface area contributed by atoms with Crippen molar-refractivity contribution in [2.45, 2.75) is 44.3 Å². The number of rotatable bonds is 3. The Morgan fingerprint density at radius 3 is 2.63 bits per heavy atom. The highest BCUT2D eigenvalue weighted by molar-refractivity contribution is 5.30. The van der Waals surface area contributed by atoms with Crippen LogP contribution < -0.4 is 5.32 Å². The normalized spacial score (nSPS) is 20.5. The SMILES string of the molecule is Fc1ccc(CCC2CCCCN2)c(C(F)(F)F)c1. The first-order valence-corrected chi connectivity index (χ1v) is 6.56. The maximum Gasteiger partial charge on any atom is 0.416 e. The lowest BCUT2D eigenvalue weighted by Gasteiger charge is -2.24. The second-order valence-electron chi connectivity index (χ2n) is 4.98. The minimum Gasteiger partial charge on any atom is -0.314 e. The van der Waals surface area contributed by atoms with Crippen molar-refractivity contribution in [3.05, 3.63) is 35.1 Å². The Bertz CT molecular complexity index is 422. The number of alkyl halides is 3. The standard InChI is InChI=1S/C14H17F4N/c15-11-6-4-10(13(9-11)14(16,17)18)5-7-12-3-1-2-8-19-12/h4,6,9,12,19H,1-3,5,7-8H2. The van der Waals surface area contributed by atoms with Gasteiger partial charge in [-0.1, -0.05) is 12.5 Å². The molecule has 0 amide bonds. The fourth-order valence-electron chi connectivity index (χ4n) is 2.53. The van der Waals surface area contributed by atoms with Crippen LogP contribution in [-0.2, 0) is 12.6 Å². The fourth-order valence-corrected chi connectivity index (χ4v) is 2.53. The quantitative estimate of drug-likeness (QED) is 0.824. The summed E-state index contributed by atoms with van der Waals surface area (Å²) in [4.78, 5) is 0. The van der Waals surface area contributed by atoms with Gasteiger partial charge in [0.1, 0.15) is 5.82 Å². The van der Waals surface area contributed by atoms with E-state index < -0.39 is 17.6 Å². The highest BCUT2D eigenvalue weighted by Crippen LogP contribution is 2.33. The number of hydrogen-bond donors (Lipinski definition) is 1. The predicted octanol–water partition coefficient (Wildman–Crippen LogP) is 3.92. The number of halogens is 4. The molecule has 1 fully saturated rings. The first-order valence-electron chi connectivity index (χ1n) is 6.56. The van der Waals surface area contributed by atoms with Gasteiger partial charge in [0.05, 0.1) is 5.56 Å². The summed E-state index contributed by atoms with van der Waals surface area (Å²) in [7, 11) is 0. The second-order valence-corrected chi connectivity index (χ2v) is 4.98. The molecule has 5 heteroatoms. The summed E-state index contributed by atoms with van der Waals surface area (Å²) < 4.78 is 51.4. The lowest BCUT2D eigenvalue weighted by atomic mass is 9.95. The number of benzene rings is 1. The third kappa shape index (κ3) is 3.93. The molecule has 1 aromatic rings. The van der Waals surface area contributed by atoms with Gasteiger partial charge in [-0.15, -0.1) is 0 Å². The molecule has 0 aromatic heterocycles. The molecule has 1 saturated heterocycles. The van der Waals surface area contributed by atoms with E-state index in [-0.39, 0.29) is 11.6 Å². The van der Waals surface area contributed by atoms with Gasteiger partial charge >= 0.3 is 6.18 Å². The molecule has 1 aliphatic rings. The molecule has 19 heavy (non-hydrogen) atoms. The van der Waals surface area contributed by atoms with Crippen molar-refractivity contribution in [1.29, 1.82) is 0 Å². The summed E-state index contributed by atoms with van der Waals surface area (Å²) in [6.07, 6.45) is -0.254. The molecule has 0 spiro atoms. The summed E-state index contributed by atoms with van der Waals surface area (Å²) >= 11 is 0. The summed E-state index contributed by atoms with van der Waals surface area (Å²) in [5, 5.41) is 3.30. The molecule has 0 saturated carbocycles. The van der Waals surface area contributed by atoms with Gasteiger partial charge in [0, 0.05) is 6.04 Å². The minimum absolute atomic E-state index is 0.182. The van der Waals surface area contributed by atoms with Crippen LogP contribution in [0.5, 0.6) is 0 Å². The van der Waals surface area contributed by atoms with Crippen LogP contribution in [-0.4, -0.2) is 12.6 Å². The van der Waals surface area contributed by atoms with Crippen molar-refractivity contribution in [2.75, 3.05) is 6.54 Å². The molecule has 1 unspecified atom stereocenters. The Morgan fingerprint density at radius 1 is 1.21 bits per heavy atom. The van der Waals surface area contributed by atoms with Gasteiger partial charge in [0.25, 0.3) is 0 Å². The monoisotopic (exact) mass is 275 g/mol. The van der Waals surface area contributed by atoms with Crippen molar-refractivity contribution in [2.24, 2.45) is 0 Å². The zero-order chi connectivity index (χ0) is 13.9. The van der Waals surface area contributed by atoms with Crippen LogP contribution in [0.1, 0.15) is 36.8 Å². The highest BCUT2D eigenvalue weighted by atomic mass is 19.4. The van der Waals surface area contributed by atoms with Crippen LogP contribution in [0.3, 0.4) is 0 Å². The van der Waals surface area contributed by atoms with Gasteiger partial charge in [-0.25, -0.2) is 4.39 Å². The van der Waals surface area contributed by atoms with E-state index >= 15 is 0 Å².